The predicted octanol–water partition coefficient (Wildman–Crippen LogP) is 7.77. The van der Waals surface area contributed by atoms with Gasteiger partial charge in [-0.1, -0.05) is 40.9 Å². The predicted molar refractivity (Wildman–Crippen MR) is 128 cm³/mol. The van der Waals surface area contributed by atoms with Gasteiger partial charge in [0, 0.05) is 27.1 Å². The molecule has 0 saturated heterocycles. The number of rotatable bonds is 5. The molecular formula is C23H21Cl3F3NO2S. The first kappa shape index (κ1) is 26.2. The van der Waals surface area contributed by atoms with Crippen LogP contribution in [-0.2, 0) is 14.9 Å². The lowest BCUT2D eigenvalue weighted by Gasteiger charge is -2.31. The van der Waals surface area contributed by atoms with Gasteiger partial charge in [-0.05, 0) is 62.2 Å². The number of thioether (sulfide) groups is 1. The number of esters is 1. The largest absolute Gasteiger partial charge is 0.459 e. The fraction of sp³-hybridized carbons (Fsp3) is 0.391. The maximum Gasteiger partial charge on any atom is 0.400 e. The van der Waals surface area contributed by atoms with E-state index in [1.54, 1.807) is 39.0 Å². The van der Waals surface area contributed by atoms with E-state index in [4.69, 9.17) is 39.5 Å². The van der Waals surface area contributed by atoms with Crippen molar-refractivity contribution in [3.8, 4) is 0 Å². The third-order valence-corrected chi connectivity index (χ3v) is 6.91. The number of nitrogens with zero attached hydrogens (tertiary/aromatic N) is 1. The highest BCUT2D eigenvalue weighted by Gasteiger charge is 2.58. The van der Waals surface area contributed by atoms with Gasteiger partial charge in [0.1, 0.15) is 11.0 Å². The second-order valence-corrected chi connectivity index (χ2v) is 11.0. The average Bonchev–Trinajstić information content (AvgIpc) is 3.12. The second kappa shape index (κ2) is 9.68. The number of hydrogen-bond acceptors (Lipinski definition) is 4. The van der Waals surface area contributed by atoms with E-state index in [1.165, 1.54) is 30.0 Å². The average molecular weight is 539 g/mol. The van der Waals surface area contributed by atoms with Gasteiger partial charge in [-0.25, -0.2) is 0 Å². The standard InChI is InChI=1S/C23H21Cl3F3NO2S/c1-21(2,3)32-20(31)11-33-19-5-4-13(6-17(19)26)18-10-22(12-30-18,23(27,28)29)14-7-15(24)9-16(25)8-14/h4-9H,10-12H2,1-3H3. The Hall–Kier alpha value is -1.41. The first-order valence-corrected chi connectivity index (χ1v) is 12.0. The minimum Gasteiger partial charge on any atom is -0.459 e. The third kappa shape index (κ3) is 6.18. The summed E-state index contributed by atoms with van der Waals surface area (Å²) in [6.07, 6.45) is -4.94. The lowest BCUT2D eigenvalue weighted by molar-refractivity contribution is -0.183. The van der Waals surface area contributed by atoms with E-state index in [2.05, 4.69) is 4.99 Å². The van der Waals surface area contributed by atoms with E-state index in [1.807, 2.05) is 0 Å². The maximum absolute atomic E-state index is 14.3. The summed E-state index contributed by atoms with van der Waals surface area (Å²) in [6, 6.07) is 8.83. The molecule has 1 aliphatic heterocycles. The van der Waals surface area contributed by atoms with E-state index in [0.29, 0.717) is 15.5 Å². The number of carbonyl (C=O) groups is 1. The lowest BCUT2D eigenvalue weighted by atomic mass is 9.76. The normalized spacial score (nSPS) is 18.9. The monoisotopic (exact) mass is 537 g/mol. The summed E-state index contributed by atoms with van der Waals surface area (Å²) in [7, 11) is 0. The summed E-state index contributed by atoms with van der Waals surface area (Å²) < 4.78 is 48.0. The van der Waals surface area contributed by atoms with Gasteiger partial charge < -0.3 is 4.74 Å². The van der Waals surface area contributed by atoms with Crippen molar-refractivity contribution in [2.75, 3.05) is 12.3 Å². The molecule has 0 N–H and O–H groups in total. The van der Waals surface area contributed by atoms with Crippen molar-refractivity contribution in [2.24, 2.45) is 4.99 Å². The Morgan fingerprint density at radius 1 is 1.09 bits per heavy atom. The van der Waals surface area contributed by atoms with Crippen LogP contribution in [0.3, 0.4) is 0 Å². The summed E-state index contributed by atoms with van der Waals surface area (Å²) in [4.78, 5) is 16.8. The number of ether oxygens (including phenoxy) is 1. The molecule has 0 radical (unpaired) electrons. The molecule has 178 valence electrons. The number of hydrogen-bond donors (Lipinski definition) is 0. The van der Waals surface area contributed by atoms with Crippen LogP contribution in [-0.4, -0.2) is 35.8 Å². The first-order chi connectivity index (χ1) is 15.2. The molecule has 1 atom stereocenters. The van der Waals surface area contributed by atoms with Crippen LogP contribution in [0.5, 0.6) is 0 Å². The Labute approximate surface area is 209 Å². The van der Waals surface area contributed by atoms with Crippen LogP contribution in [0.4, 0.5) is 13.2 Å². The van der Waals surface area contributed by atoms with Gasteiger partial charge in [0.05, 0.1) is 17.3 Å². The Balaban J connectivity index is 1.80. The molecule has 1 aliphatic rings. The van der Waals surface area contributed by atoms with Crippen LogP contribution in [0.15, 0.2) is 46.3 Å². The van der Waals surface area contributed by atoms with Crippen molar-refractivity contribution in [3.63, 3.8) is 0 Å². The molecule has 2 aromatic carbocycles. The van der Waals surface area contributed by atoms with Gasteiger partial charge in [0.15, 0.2) is 0 Å². The zero-order chi connectivity index (χ0) is 24.6. The molecule has 0 saturated carbocycles. The summed E-state index contributed by atoms with van der Waals surface area (Å²) in [5, 5.41) is 0.576. The summed E-state index contributed by atoms with van der Waals surface area (Å²) >= 11 is 19.5. The van der Waals surface area contributed by atoms with E-state index in [9.17, 15) is 18.0 Å². The molecule has 2 aromatic rings. The number of aliphatic imine (C=N–C) groups is 1. The van der Waals surface area contributed by atoms with Crippen LogP contribution in [0.2, 0.25) is 15.1 Å². The van der Waals surface area contributed by atoms with E-state index in [-0.39, 0.29) is 39.5 Å². The molecule has 1 heterocycles. The first-order valence-electron chi connectivity index (χ1n) is 9.91. The van der Waals surface area contributed by atoms with Crippen molar-refractivity contribution in [3.05, 3.63) is 62.6 Å². The quantitative estimate of drug-likeness (QED) is 0.288. The minimum absolute atomic E-state index is 0.0260. The number of carbonyl (C=O) groups excluding carboxylic acids is 1. The third-order valence-electron chi connectivity index (χ3n) is 5.00. The Morgan fingerprint density at radius 3 is 2.27 bits per heavy atom. The fourth-order valence-corrected chi connectivity index (χ4v) is 5.07. The minimum atomic E-state index is -4.57. The van der Waals surface area contributed by atoms with E-state index >= 15 is 0 Å². The molecule has 0 amide bonds. The fourth-order valence-electron chi connectivity index (χ4n) is 3.50. The van der Waals surface area contributed by atoms with Crippen LogP contribution < -0.4 is 0 Å². The lowest BCUT2D eigenvalue weighted by Crippen LogP contribution is -2.43. The molecule has 33 heavy (non-hydrogen) atoms. The SMILES string of the molecule is CC(C)(C)OC(=O)CSc1ccc(C2=NCC(c3cc(Cl)cc(Cl)c3)(C(F)(F)F)C2)cc1Cl. The smallest absolute Gasteiger partial charge is 0.400 e. The van der Waals surface area contributed by atoms with Crippen LogP contribution >= 0.6 is 46.6 Å². The van der Waals surface area contributed by atoms with Crippen molar-refractivity contribution in [2.45, 2.75) is 49.3 Å². The number of benzene rings is 2. The van der Waals surface area contributed by atoms with Gasteiger partial charge in [-0.15, -0.1) is 11.8 Å². The summed E-state index contributed by atoms with van der Waals surface area (Å²) in [6.45, 7) is 4.85. The highest BCUT2D eigenvalue weighted by Crippen LogP contribution is 2.49. The maximum atomic E-state index is 14.3. The number of halogens is 6. The van der Waals surface area contributed by atoms with Crippen LogP contribution in [0, 0.1) is 0 Å². The molecule has 10 heteroatoms. The summed E-state index contributed by atoms with van der Waals surface area (Å²) in [5.41, 5.74) is -2.07. The Morgan fingerprint density at radius 2 is 1.73 bits per heavy atom. The van der Waals surface area contributed by atoms with Gasteiger partial charge in [0.2, 0.25) is 0 Å². The van der Waals surface area contributed by atoms with Crippen LogP contribution in [0.25, 0.3) is 0 Å². The molecule has 0 fully saturated rings. The van der Waals surface area contributed by atoms with Gasteiger partial charge in [0.25, 0.3) is 0 Å². The molecule has 3 nitrogen and oxygen atoms in total. The molecule has 0 aromatic heterocycles. The van der Waals surface area contributed by atoms with E-state index < -0.39 is 23.7 Å². The Bertz CT molecular complexity index is 1080. The van der Waals surface area contributed by atoms with Crippen LogP contribution in [0.1, 0.15) is 38.3 Å². The molecule has 3 rings (SSSR count). The second-order valence-electron chi connectivity index (χ2n) is 8.70. The molecular weight excluding hydrogens is 518 g/mol. The zero-order valence-electron chi connectivity index (χ0n) is 18.0. The van der Waals surface area contributed by atoms with Gasteiger partial charge >= 0.3 is 12.1 Å². The van der Waals surface area contributed by atoms with Gasteiger partial charge in [-0.2, -0.15) is 13.2 Å². The zero-order valence-corrected chi connectivity index (χ0v) is 21.1. The number of alkyl halides is 3. The van der Waals surface area contributed by atoms with Crippen molar-refractivity contribution >= 4 is 58.2 Å². The molecule has 0 aliphatic carbocycles. The van der Waals surface area contributed by atoms with Crippen molar-refractivity contribution in [1.82, 2.24) is 0 Å². The van der Waals surface area contributed by atoms with Gasteiger partial charge in [-0.3, -0.25) is 9.79 Å². The topological polar surface area (TPSA) is 38.7 Å². The Kier molecular flexibility index (Phi) is 7.69. The summed E-state index contributed by atoms with van der Waals surface area (Å²) in [5.74, 6) is -0.327. The molecule has 1 unspecified atom stereocenters. The highest BCUT2D eigenvalue weighted by atomic mass is 35.5. The molecule has 0 bridgehead atoms. The molecule has 0 spiro atoms. The van der Waals surface area contributed by atoms with E-state index in [0.717, 1.165) is 0 Å². The van der Waals surface area contributed by atoms with Crippen molar-refractivity contribution in [1.29, 1.82) is 0 Å². The highest BCUT2D eigenvalue weighted by molar-refractivity contribution is 8.00. The van der Waals surface area contributed by atoms with Crippen molar-refractivity contribution < 1.29 is 22.7 Å².